The summed E-state index contributed by atoms with van der Waals surface area (Å²) in [6, 6.07) is 13.8. The molecule has 0 saturated heterocycles. The molecule has 0 aromatic heterocycles. The maximum Gasteiger partial charge on any atom is 0.251 e. The second-order valence-corrected chi connectivity index (χ2v) is 8.12. The minimum atomic E-state index is -3.59. The third-order valence-electron chi connectivity index (χ3n) is 3.89. The highest BCUT2D eigenvalue weighted by Crippen LogP contribution is 2.13. The summed E-state index contributed by atoms with van der Waals surface area (Å²) in [6.45, 7) is 4.82. The van der Waals surface area contributed by atoms with Gasteiger partial charge in [0.15, 0.2) is 0 Å². The van der Waals surface area contributed by atoms with Crippen LogP contribution in [-0.2, 0) is 23.1 Å². The summed E-state index contributed by atoms with van der Waals surface area (Å²) in [6.07, 6.45) is 1.47. The first kappa shape index (κ1) is 20.8. The highest BCUT2D eigenvalue weighted by molar-refractivity contribution is 7.89. The number of sulfonamides is 1. The smallest absolute Gasteiger partial charge is 0.251 e. The minimum Gasteiger partial charge on any atom is -0.348 e. The Hall–Kier alpha value is -2.48. The first-order chi connectivity index (χ1) is 12.8. The quantitative estimate of drug-likeness (QED) is 0.646. The second-order valence-electron chi connectivity index (χ2n) is 6.35. The summed E-state index contributed by atoms with van der Waals surface area (Å²) >= 11 is 0. The predicted molar refractivity (Wildman–Crippen MR) is 107 cm³/mol. The van der Waals surface area contributed by atoms with E-state index in [1.165, 1.54) is 30.3 Å². The number of carbonyl (C=O) groups excluding carboxylic acids is 1. The van der Waals surface area contributed by atoms with Gasteiger partial charge in [0.25, 0.3) is 5.91 Å². The van der Waals surface area contributed by atoms with Crippen LogP contribution < -0.4 is 10.0 Å². The molecule has 0 aliphatic rings. The van der Waals surface area contributed by atoms with Crippen molar-refractivity contribution >= 4 is 15.9 Å². The van der Waals surface area contributed by atoms with E-state index in [4.69, 9.17) is 0 Å². The molecule has 1 amide bonds. The van der Waals surface area contributed by atoms with Crippen molar-refractivity contribution < 1.29 is 13.2 Å². The van der Waals surface area contributed by atoms with Gasteiger partial charge < -0.3 is 10.2 Å². The van der Waals surface area contributed by atoms with Gasteiger partial charge in [0.05, 0.1) is 4.90 Å². The fourth-order valence-corrected chi connectivity index (χ4v) is 3.54. The number of nitrogens with zero attached hydrogens (tertiary/aromatic N) is 1. The van der Waals surface area contributed by atoms with Gasteiger partial charge in [-0.2, -0.15) is 0 Å². The van der Waals surface area contributed by atoms with Crippen molar-refractivity contribution in [2.24, 2.45) is 0 Å². The summed E-state index contributed by atoms with van der Waals surface area (Å²) in [5, 5.41) is 2.89. The maximum atomic E-state index is 12.4. The number of carbonyl (C=O) groups is 1. The Labute approximate surface area is 161 Å². The number of benzene rings is 2. The van der Waals surface area contributed by atoms with E-state index in [-0.39, 0.29) is 17.3 Å². The van der Waals surface area contributed by atoms with Crippen LogP contribution in [0.1, 0.15) is 21.5 Å². The van der Waals surface area contributed by atoms with Crippen molar-refractivity contribution in [3.05, 3.63) is 77.9 Å². The van der Waals surface area contributed by atoms with Crippen LogP contribution in [0.15, 0.2) is 66.1 Å². The molecule has 2 aromatic rings. The molecule has 27 heavy (non-hydrogen) atoms. The van der Waals surface area contributed by atoms with Gasteiger partial charge in [0.2, 0.25) is 10.0 Å². The van der Waals surface area contributed by atoms with Crippen LogP contribution in [0.5, 0.6) is 0 Å². The Morgan fingerprint density at radius 2 is 1.70 bits per heavy atom. The van der Waals surface area contributed by atoms with E-state index >= 15 is 0 Å². The molecule has 0 aliphatic carbocycles. The third kappa shape index (κ3) is 6.02. The molecular formula is C20H25N3O3S. The van der Waals surface area contributed by atoms with Crippen LogP contribution in [0.3, 0.4) is 0 Å². The van der Waals surface area contributed by atoms with Crippen LogP contribution in [0.2, 0.25) is 0 Å². The van der Waals surface area contributed by atoms with Gasteiger partial charge in [-0.1, -0.05) is 30.3 Å². The van der Waals surface area contributed by atoms with Gasteiger partial charge in [0.1, 0.15) is 0 Å². The molecule has 0 heterocycles. The molecular weight excluding hydrogens is 362 g/mol. The monoisotopic (exact) mass is 387 g/mol. The molecule has 0 saturated carbocycles. The van der Waals surface area contributed by atoms with Crippen molar-refractivity contribution in [2.75, 3.05) is 20.6 Å². The van der Waals surface area contributed by atoms with Crippen molar-refractivity contribution in [1.29, 1.82) is 0 Å². The van der Waals surface area contributed by atoms with E-state index in [9.17, 15) is 13.2 Å². The molecule has 6 nitrogen and oxygen atoms in total. The molecule has 2 N–H and O–H groups in total. The van der Waals surface area contributed by atoms with Gasteiger partial charge >= 0.3 is 0 Å². The van der Waals surface area contributed by atoms with Crippen molar-refractivity contribution in [3.8, 4) is 0 Å². The summed E-state index contributed by atoms with van der Waals surface area (Å²) in [4.78, 5) is 14.6. The molecule has 2 rings (SSSR count). The van der Waals surface area contributed by atoms with E-state index in [0.29, 0.717) is 12.1 Å². The van der Waals surface area contributed by atoms with E-state index in [1.54, 1.807) is 0 Å². The summed E-state index contributed by atoms with van der Waals surface area (Å²) < 4.78 is 26.5. The second kappa shape index (κ2) is 9.45. The molecule has 0 radical (unpaired) electrons. The van der Waals surface area contributed by atoms with Crippen LogP contribution in [-0.4, -0.2) is 39.9 Å². The largest absolute Gasteiger partial charge is 0.348 e. The van der Waals surface area contributed by atoms with Gasteiger partial charge in [-0.15, -0.1) is 6.58 Å². The normalized spacial score (nSPS) is 11.4. The average molecular weight is 388 g/mol. The van der Waals surface area contributed by atoms with Crippen molar-refractivity contribution in [3.63, 3.8) is 0 Å². The standard InChI is InChI=1S/C20H25N3O3S/c1-4-13-22-27(25,26)19-11-9-16(10-12-19)20(24)21-14-17-7-5-6-8-18(17)15-23(2)3/h4-12,22H,1,13-15H2,2-3H3,(H,21,24). The van der Waals surface area contributed by atoms with E-state index in [0.717, 1.165) is 17.7 Å². The van der Waals surface area contributed by atoms with Crippen LogP contribution in [0.25, 0.3) is 0 Å². The Bertz CT molecular complexity index is 891. The Kier molecular flexibility index (Phi) is 7.29. The first-order valence-corrected chi connectivity index (χ1v) is 10.0. The average Bonchev–Trinajstić information content (AvgIpc) is 2.65. The third-order valence-corrected chi connectivity index (χ3v) is 5.33. The lowest BCUT2D eigenvalue weighted by Gasteiger charge is -2.14. The minimum absolute atomic E-state index is 0.109. The predicted octanol–water partition coefficient (Wildman–Crippen LogP) is 2.14. The molecule has 0 fully saturated rings. The van der Waals surface area contributed by atoms with Crippen LogP contribution in [0.4, 0.5) is 0 Å². The summed E-state index contributed by atoms with van der Waals surface area (Å²) in [5.41, 5.74) is 2.60. The zero-order chi connectivity index (χ0) is 19.9. The molecule has 0 atom stereocenters. The molecule has 0 bridgehead atoms. The Morgan fingerprint density at radius 3 is 2.30 bits per heavy atom. The van der Waals surface area contributed by atoms with Gasteiger partial charge in [-0.25, -0.2) is 13.1 Å². The lowest BCUT2D eigenvalue weighted by molar-refractivity contribution is 0.0950. The highest BCUT2D eigenvalue weighted by Gasteiger charge is 2.14. The zero-order valence-electron chi connectivity index (χ0n) is 15.6. The molecule has 0 unspecified atom stereocenters. The van der Waals surface area contributed by atoms with Gasteiger partial charge in [-0.05, 0) is 49.5 Å². The van der Waals surface area contributed by atoms with E-state index in [2.05, 4.69) is 21.5 Å². The maximum absolute atomic E-state index is 12.4. The molecule has 0 spiro atoms. The van der Waals surface area contributed by atoms with E-state index < -0.39 is 10.0 Å². The van der Waals surface area contributed by atoms with Crippen LogP contribution in [0, 0.1) is 0 Å². The summed E-state index contributed by atoms with van der Waals surface area (Å²) in [7, 11) is 0.395. The Balaban J connectivity index is 2.04. The molecule has 0 aliphatic heterocycles. The number of hydrogen-bond donors (Lipinski definition) is 2. The SMILES string of the molecule is C=CCNS(=O)(=O)c1ccc(C(=O)NCc2ccccc2CN(C)C)cc1. The molecule has 7 heteroatoms. The van der Waals surface area contributed by atoms with Gasteiger partial charge in [-0.3, -0.25) is 4.79 Å². The molecule has 144 valence electrons. The fourth-order valence-electron chi connectivity index (χ4n) is 2.54. The number of rotatable bonds is 9. The van der Waals surface area contributed by atoms with Crippen molar-refractivity contribution in [1.82, 2.24) is 14.9 Å². The zero-order valence-corrected chi connectivity index (χ0v) is 16.4. The summed E-state index contributed by atoms with van der Waals surface area (Å²) in [5.74, 6) is -0.252. The lowest BCUT2D eigenvalue weighted by atomic mass is 10.1. The number of hydrogen-bond acceptors (Lipinski definition) is 4. The van der Waals surface area contributed by atoms with Crippen LogP contribution >= 0.6 is 0 Å². The topological polar surface area (TPSA) is 78.5 Å². The Morgan fingerprint density at radius 1 is 1.07 bits per heavy atom. The van der Waals surface area contributed by atoms with Gasteiger partial charge in [0, 0.05) is 25.2 Å². The van der Waals surface area contributed by atoms with Crippen molar-refractivity contribution in [2.45, 2.75) is 18.0 Å². The number of amides is 1. The number of nitrogens with one attached hydrogen (secondary N) is 2. The lowest BCUT2D eigenvalue weighted by Crippen LogP contribution is -2.25. The van der Waals surface area contributed by atoms with E-state index in [1.807, 2.05) is 38.4 Å². The highest BCUT2D eigenvalue weighted by atomic mass is 32.2. The first-order valence-electron chi connectivity index (χ1n) is 8.54. The molecule has 2 aromatic carbocycles. The fraction of sp³-hybridized carbons (Fsp3) is 0.250.